The molecule has 1 aromatic carbocycles. The van der Waals surface area contributed by atoms with Crippen molar-refractivity contribution < 1.29 is 22.7 Å². The molecule has 1 atom stereocenters. The minimum Gasteiger partial charge on any atom is -0.497 e. The summed E-state index contributed by atoms with van der Waals surface area (Å²) >= 11 is 0. The van der Waals surface area contributed by atoms with Crippen molar-refractivity contribution in [3.63, 3.8) is 0 Å². The van der Waals surface area contributed by atoms with Crippen molar-refractivity contribution in [2.45, 2.75) is 19.0 Å². The molecule has 3 aromatic rings. The molecule has 10 heteroatoms. The fraction of sp³-hybridized carbons (Fsp3) is 0.350. The molecule has 2 aromatic heterocycles. The number of hydrogen-bond acceptors (Lipinski definition) is 5. The molecule has 1 amide bonds. The van der Waals surface area contributed by atoms with Gasteiger partial charge in [0.25, 0.3) is 0 Å². The van der Waals surface area contributed by atoms with Gasteiger partial charge in [0.2, 0.25) is 11.9 Å². The van der Waals surface area contributed by atoms with Crippen LogP contribution in [0.25, 0.3) is 5.65 Å². The SMILES string of the molecule is COc1cccc(NC(=O)[C@H]2CCCN(c3nnc4ccc(C(F)(F)F)cn34)C2)c1. The zero-order valence-electron chi connectivity index (χ0n) is 16.2. The minimum absolute atomic E-state index is 0.155. The highest BCUT2D eigenvalue weighted by atomic mass is 19.4. The summed E-state index contributed by atoms with van der Waals surface area (Å²) < 4.78 is 45.8. The van der Waals surface area contributed by atoms with Gasteiger partial charge in [-0.1, -0.05) is 6.07 Å². The molecule has 1 aliphatic rings. The molecule has 7 nitrogen and oxygen atoms in total. The van der Waals surface area contributed by atoms with Crippen LogP contribution in [0.2, 0.25) is 0 Å². The number of carbonyl (C=O) groups is 1. The second kappa shape index (κ2) is 7.85. The molecule has 0 spiro atoms. The molecule has 0 radical (unpaired) electrons. The number of alkyl halides is 3. The van der Waals surface area contributed by atoms with Crippen LogP contribution in [0.1, 0.15) is 18.4 Å². The van der Waals surface area contributed by atoms with Crippen molar-refractivity contribution >= 4 is 23.2 Å². The Balaban J connectivity index is 1.53. The highest BCUT2D eigenvalue weighted by Crippen LogP contribution is 2.31. The van der Waals surface area contributed by atoms with Crippen LogP contribution in [0.4, 0.5) is 24.8 Å². The maximum atomic E-state index is 13.1. The molecule has 1 fully saturated rings. The number of piperidine rings is 1. The van der Waals surface area contributed by atoms with Crippen LogP contribution >= 0.6 is 0 Å². The van der Waals surface area contributed by atoms with E-state index in [0.29, 0.717) is 49.0 Å². The molecule has 0 aliphatic carbocycles. The van der Waals surface area contributed by atoms with Gasteiger partial charge in [-0.15, -0.1) is 10.2 Å². The van der Waals surface area contributed by atoms with Gasteiger partial charge in [0, 0.05) is 31.0 Å². The number of nitrogens with one attached hydrogen (secondary N) is 1. The number of amides is 1. The summed E-state index contributed by atoms with van der Waals surface area (Å²) in [7, 11) is 1.55. The second-order valence-electron chi connectivity index (χ2n) is 7.15. The number of aromatic nitrogens is 3. The topological polar surface area (TPSA) is 71.8 Å². The molecule has 3 heterocycles. The number of carbonyl (C=O) groups excluding carboxylic acids is 1. The summed E-state index contributed by atoms with van der Waals surface area (Å²) in [6.45, 7) is 0.923. The number of hydrogen-bond donors (Lipinski definition) is 1. The van der Waals surface area contributed by atoms with Crippen LogP contribution in [-0.4, -0.2) is 40.7 Å². The second-order valence-corrected chi connectivity index (χ2v) is 7.15. The van der Waals surface area contributed by atoms with Gasteiger partial charge >= 0.3 is 6.18 Å². The zero-order valence-corrected chi connectivity index (χ0v) is 16.2. The Morgan fingerprint density at radius 1 is 1.23 bits per heavy atom. The van der Waals surface area contributed by atoms with Gasteiger partial charge in [0.15, 0.2) is 5.65 Å². The van der Waals surface area contributed by atoms with Crippen LogP contribution in [-0.2, 0) is 11.0 Å². The normalized spacial score (nSPS) is 17.2. The van der Waals surface area contributed by atoms with Crippen molar-refractivity contribution in [2.75, 3.05) is 30.4 Å². The number of rotatable bonds is 4. The summed E-state index contributed by atoms with van der Waals surface area (Å²) in [6.07, 6.45) is -2.08. The predicted molar refractivity (Wildman–Crippen MR) is 105 cm³/mol. The number of halogens is 3. The van der Waals surface area contributed by atoms with Crippen LogP contribution in [0.5, 0.6) is 5.75 Å². The molecule has 158 valence electrons. The fourth-order valence-electron chi connectivity index (χ4n) is 3.58. The molecular weight excluding hydrogens is 399 g/mol. The first kappa shape index (κ1) is 20.0. The minimum atomic E-state index is -4.46. The van der Waals surface area contributed by atoms with E-state index in [2.05, 4.69) is 15.5 Å². The van der Waals surface area contributed by atoms with E-state index < -0.39 is 11.7 Å². The van der Waals surface area contributed by atoms with E-state index in [4.69, 9.17) is 4.74 Å². The van der Waals surface area contributed by atoms with E-state index in [1.807, 2.05) is 0 Å². The van der Waals surface area contributed by atoms with Gasteiger partial charge in [-0.3, -0.25) is 9.20 Å². The predicted octanol–water partition coefficient (Wildman–Crippen LogP) is 3.61. The lowest BCUT2D eigenvalue weighted by Crippen LogP contribution is -2.41. The zero-order chi connectivity index (χ0) is 21.3. The molecule has 4 rings (SSSR count). The first-order valence-electron chi connectivity index (χ1n) is 9.47. The first-order valence-corrected chi connectivity index (χ1v) is 9.47. The third-order valence-corrected chi connectivity index (χ3v) is 5.12. The average Bonchev–Trinajstić information content (AvgIpc) is 3.16. The summed E-state index contributed by atoms with van der Waals surface area (Å²) in [5.41, 5.74) is 0.167. The lowest BCUT2D eigenvalue weighted by atomic mass is 9.97. The van der Waals surface area contributed by atoms with E-state index in [9.17, 15) is 18.0 Å². The molecule has 1 N–H and O–H groups in total. The Morgan fingerprint density at radius 3 is 2.83 bits per heavy atom. The first-order chi connectivity index (χ1) is 14.3. The Morgan fingerprint density at radius 2 is 2.07 bits per heavy atom. The third-order valence-electron chi connectivity index (χ3n) is 5.12. The number of fused-ring (bicyclic) bond motifs is 1. The van der Waals surface area contributed by atoms with E-state index in [1.165, 1.54) is 10.5 Å². The quantitative estimate of drug-likeness (QED) is 0.700. The molecule has 0 bridgehead atoms. The van der Waals surface area contributed by atoms with Crippen LogP contribution < -0.4 is 15.0 Å². The van der Waals surface area contributed by atoms with Gasteiger partial charge < -0.3 is 15.0 Å². The highest BCUT2D eigenvalue weighted by Gasteiger charge is 2.32. The number of ether oxygens (including phenoxy) is 1. The fourth-order valence-corrected chi connectivity index (χ4v) is 3.58. The van der Waals surface area contributed by atoms with Crippen molar-refractivity contribution in [1.29, 1.82) is 0 Å². The standard InChI is InChI=1S/C20H20F3N5O2/c1-30-16-6-2-5-15(10-16)24-18(29)13-4-3-9-27(11-13)19-26-25-17-8-7-14(12-28(17)19)20(21,22)23/h2,5-8,10,12-13H,3-4,9,11H2,1H3,(H,24,29)/t13-/m0/s1. The summed E-state index contributed by atoms with van der Waals surface area (Å²) in [5.74, 6) is 0.448. The van der Waals surface area contributed by atoms with Crippen LogP contribution in [0.3, 0.4) is 0 Å². The van der Waals surface area contributed by atoms with Gasteiger partial charge in [-0.2, -0.15) is 13.2 Å². The van der Waals surface area contributed by atoms with Crippen molar-refractivity contribution in [1.82, 2.24) is 14.6 Å². The van der Waals surface area contributed by atoms with Gasteiger partial charge in [-0.05, 0) is 37.1 Å². The highest BCUT2D eigenvalue weighted by molar-refractivity contribution is 5.93. The summed E-state index contributed by atoms with van der Waals surface area (Å²) in [5, 5.41) is 10.9. The van der Waals surface area contributed by atoms with Crippen molar-refractivity contribution in [3.8, 4) is 5.75 Å². The van der Waals surface area contributed by atoms with E-state index >= 15 is 0 Å². The summed E-state index contributed by atoms with van der Waals surface area (Å²) in [4.78, 5) is 14.6. The van der Waals surface area contributed by atoms with Crippen LogP contribution in [0, 0.1) is 5.92 Å². The maximum absolute atomic E-state index is 13.1. The number of methoxy groups -OCH3 is 1. The molecular formula is C20H20F3N5O2. The molecule has 1 saturated heterocycles. The van der Waals surface area contributed by atoms with Crippen LogP contribution in [0.15, 0.2) is 42.6 Å². The van der Waals surface area contributed by atoms with Gasteiger partial charge in [0.05, 0.1) is 18.6 Å². The van der Waals surface area contributed by atoms with E-state index in [1.54, 1.807) is 36.3 Å². The lowest BCUT2D eigenvalue weighted by Gasteiger charge is -2.32. The monoisotopic (exact) mass is 419 g/mol. The smallest absolute Gasteiger partial charge is 0.417 e. The van der Waals surface area contributed by atoms with Crippen molar-refractivity contribution in [2.24, 2.45) is 5.92 Å². The van der Waals surface area contributed by atoms with Gasteiger partial charge in [-0.25, -0.2) is 0 Å². The number of pyridine rings is 1. The molecule has 0 saturated carbocycles. The largest absolute Gasteiger partial charge is 0.497 e. The number of benzene rings is 1. The molecule has 1 aliphatic heterocycles. The third kappa shape index (κ3) is 4.03. The molecule has 30 heavy (non-hydrogen) atoms. The Kier molecular flexibility index (Phi) is 5.23. The number of nitrogens with zero attached hydrogens (tertiary/aromatic N) is 4. The Labute approximate surface area is 170 Å². The molecule has 0 unspecified atom stereocenters. The Bertz CT molecular complexity index is 1070. The van der Waals surface area contributed by atoms with E-state index in [-0.39, 0.29) is 11.8 Å². The maximum Gasteiger partial charge on any atom is 0.417 e. The van der Waals surface area contributed by atoms with Gasteiger partial charge in [0.1, 0.15) is 5.75 Å². The Hall–Kier alpha value is -3.30. The lowest BCUT2D eigenvalue weighted by molar-refractivity contribution is -0.137. The number of anilines is 2. The average molecular weight is 419 g/mol. The van der Waals surface area contributed by atoms with E-state index in [0.717, 1.165) is 12.3 Å². The summed E-state index contributed by atoms with van der Waals surface area (Å²) in [6, 6.07) is 9.32. The van der Waals surface area contributed by atoms with Crippen molar-refractivity contribution in [3.05, 3.63) is 48.2 Å².